The lowest BCUT2D eigenvalue weighted by atomic mass is 9.87. The van der Waals surface area contributed by atoms with Crippen LogP contribution in [0.2, 0.25) is 0 Å². The highest BCUT2D eigenvalue weighted by Gasteiger charge is 2.22. The van der Waals surface area contributed by atoms with Crippen LogP contribution in [-0.2, 0) is 13.5 Å². The number of hydrogen-bond acceptors (Lipinski definition) is 2. The van der Waals surface area contributed by atoms with Crippen molar-refractivity contribution in [3.8, 4) is 0 Å². The second-order valence-electron chi connectivity index (χ2n) is 5.41. The average molecular weight is 255 g/mol. The van der Waals surface area contributed by atoms with Gasteiger partial charge >= 0.3 is 0 Å². The number of hydrogen-bond donors (Lipinski definition) is 1. The molecule has 0 bridgehead atoms. The van der Waals surface area contributed by atoms with Crippen LogP contribution in [0.15, 0.2) is 36.5 Å². The fourth-order valence-electron chi connectivity index (χ4n) is 3.12. The summed E-state index contributed by atoms with van der Waals surface area (Å²) in [5, 5.41) is 8.01. The Morgan fingerprint density at radius 2 is 2.16 bits per heavy atom. The first-order chi connectivity index (χ1) is 9.25. The smallest absolute Gasteiger partial charge is 0.0547 e. The van der Waals surface area contributed by atoms with Crippen LogP contribution < -0.4 is 5.32 Å². The normalized spacial score (nSPS) is 20.0. The van der Waals surface area contributed by atoms with Gasteiger partial charge in [0.2, 0.25) is 0 Å². The summed E-state index contributed by atoms with van der Waals surface area (Å²) in [5.41, 5.74) is 4.22. The van der Waals surface area contributed by atoms with Crippen molar-refractivity contribution in [3.05, 3.63) is 53.3 Å². The first-order valence-electron chi connectivity index (χ1n) is 7.07. The van der Waals surface area contributed by atoms with Gasteiger partial charge < -0.3 is 5.32 Å². The zero-order valence-corrected chi connectivity index (χ0v) is 11.6. The third kappa shape index (κ3) is 2.43. The van der Waals surface area contributed by atoms with Crippen molar-refractivity contribution < 1.29 is 0 Å². The molecule has 0 amide bonds. The van der Waals surface area contributed by atoms with Crippen molar-refractivity contribution in [2.75, 3.05) is 0 Å². The summed E-state index contributed by atoms with van der Waals surface area (Å²) < 4.78 is 1.95. The van der Waals surface area contributed by atoms with E-state index in [9.17, 15) is 0 Å². The minimum absolute atomic E-state index is 0.323. The van der Waals surface area contributed by atoms with E-state index in [4.69, 9.17) is 0 Å². The molecule has 0 saturated carbocycles. The molecule has 0 spiro atoms. The highest BCUT2D eigenvalue weighted by atomic mass is 15.3. The molecule has 2 unspecified atom stereocenters. The molecule has 0 radical (unpaired) electrons. The van der Waals surface area contributed by atoms with E-state index < -0.39 is 0 Å². The summed E-state index contributed by atoms with van der Waals surface area (Å²) >= 11 is 0. The highest BCUT2D eigenvalue weighted by molar-refractivity contribution is 5.32. The lowest BCUT2D eigenvalue weighted by Crippen LogP contribution is -2.28. The largest absolute Gasteiger partial charge is 0.302 e. The van der Waals surface area contributed by atoms with E-state index in [1.54, 1.807) is 0 Å². The molecule has 3 rings (SSSR count). The number of fused-ring (bicyclic) bond motifs is 1. The zero-order valence-electron chi connectivity index (χ0n) is 11.6. The van der Waals surface area contributed by atoms with E-state index in [0.717, 1.165) is 0 Å². The minimum atomic E-state index is 0.323. The zero-order chi connectivity index (χ0) is 13.2. The topological polar surface area (TPSA) is 29.9 Å². The molecule has 1 aliphatic carbocycles. The molecule has 2 atom stereocenters. The van der Waals surface area contributed by atoms with E-state index in [0.29, 0.717) is 12.1 Å². The van der Waals surface area contributed by atoms with Gasteiger partial charge in [-0.05, 0) is 43.4 Å². The van der Waals surface area contributed by atoms with Gasteiger partial charge in [0.15, 0.2) is 0 Å². The Hall–Kier alpha value is -1.61. The van der Waals surface area contributed by atoms with Crippen LogP contribution in [0.5, 0.6) is 0 Å². The van der Waals surface area contributed by atoms with Gasteiger partial charge in [0.1, 0.15) is 0 Å². The second kappa shape index (κ2) is 5.17. The van der Waals surface area contributed by atoms with Crippen LogP contribution in [0.25, 0.3) is 0 Å². The van der Waals surface area contributed by atoms with E-state index >= 15 is 0 Å². The first-order valence-corrected chi connectivity index (χ1v) is 7.07. The Labute approximate surface area is 114 Å². The van der Waals surface area contributed by atoms with Crippen molar-refractivity contribution in [2.45, 2.75) is 38.3 Å². The summed E-state index contributed by atoms with van der Waals surface area (Å²) in [6.07, 6.45) is 5.57. The molecule has 0 fully saturated rings. The maximum atomic E-state index is 4.25. The Balaban J connectivity index is 1.80. The summed E-state index contributed by atoms with van der Waals surface area (Å²) in [7, 11) is 2.00. The van der Waals surface area contributed by atoms with Crippen LogP contribution in [0.4, 0.5) is 0 Å². The molecule has 0 saturated heterocycles. The maximum Gasteiger partial charge on any atom is 0.0547 e. The average Bonchev–Trinajstić information content (AvgIpc) is 2.85. The van der Waals surface area contributed by atoms with E-state index in [-0.39, 0.29) is 0 Å². The van der Waals surface area contributed by atoms with Crippen LogP contribution >= 0.6 is 0 Å². The molecular weight excluding hydrogens is 234 g/mol. The maximum absolute atomic E-state index is 4.25. The SMILES string of the molecule is CC(NC1CCCc2ccccc21)c1ccnn1C. The summed E-state index contributed by atoms with van der Waals surface area (Å²) in [6, 6.07) is 11.7. The number of aryl methyl sites for hydroxylation is 2. The van der Waals surface area contributed by atoms with E-state index in [1.165, 1.54) is 36.1 Å². The monoisotopic (exact) mass is 255 g/mol. The second-order valence-corrected chi connectivity index (χ2v) is 5.41. The minimum Gasteiger partial charge on any atom is -0.302 e. The van der Waals surface area contributed by atoms with Gasteiger partial charge in [-0.2, -0.15) is 5.10 Å². The van der Waals surface area contributed by atoms with Crippen molar-refractivity contribution in [2.24, 2.45) is 7.05 Å². The Bertz CT molecular complexity index is 559. The Kier molecular flexibility index (Phi) is 3.38. The Morgan fingerprint density at radius 3 is 2.95 bits per heavy atom. The van der Waals surface area contributed by atoms with Gasteiger partial charge in [0, 0.05) is 25.3 Å². The fourth-order valence-corrected chi connectivity index (χ4v) is 3.12. The number of nitrogens with one attached hydrogen (secondary N) is 1. The van der Waals surface area contributed by atoms with Crippen molar-refractivity contribution in [3.63, 3.8) is 0 Å². The molecule has 2 aromatic rings. The summed E-state index contributed by atoms with van der Waals surface area (Å²) in [6.45, 7) is 2.22. The molecule has 3 heteroatoms. The molecular formula is C16H21N3. The predicted molar refractivity (Wildman–Crippen MR) is 76.9 cm³/mol. The lowest BCUT2D eigenvalue weighted by molar-refractivity contribution is 0.403. The van der Waals surface area contributed by atoms with Gasteiger partial charge in [0.05, 0.1) is 5.69 Å². The molecule has 100 valence electrons. The van der Waals surface area contributed by atoms with Crippen molar-refractivity contribution in [1.82, 2.24) is 15.1 Å². The molecule has 1 N–H and O–H groups in total. The number of nitrogens with zero attached hydrogens (tertiary/aromatic N) is 2. The van der Waals surface area contributed by atoms with Gasteiger partial charge in [-0.15, -0.1) is 0 Å². The number of aromatic nitrogens is 2. The van der Waals surface area contributed by atoms with Crippen LogP contribution in [0, 0.1) is 0 Å². The van der Waals surface area contributed by atoms with Gasteiger partial charge in [0.25, 0.3) is 0 Å². The van der Waals surface area contributed by atoms with E-state index in [2.05, 4.69) is 47.7 Å². The quantitative estimate of drug-likeness (QED) is 0.913. The molecule has 3 nitrogen and oxygen atoms in total. The van der Waals surface area contributed by atoms with Crippen molar-refractivity contribution >= 4 is 0 Å². The fraction of sp³-hybridized carbons (Fsp3) is 0.438. The third-order valence-corrected chi connectivity index (χ3v) is 4.12. The number of rotatable bonds is 3. The summed E-state index contributed by atoms with van der Waals surface area (Å²) in [4.78, 5) is 0. The third-order valence-electron chi connectivity index (χ3n) is 4.12. The highest BCUT2D eigenvalue weighted by Crippen LogP contribution is 2.31. The van der Waals surface area contributed by atoms with Crippen molar-refractivity contribution in [1.29, 1.82) is 0 Å². The summed E-state index contributed by atoms with van der Waals surface area (Å²) in [5.74, 6) is 0. The molecule has 1 aliphatic rings. The molecule has 1 heterocycles. The standard InChI is InChI=1S/C16H21N3/c1-12(16-10-11-17-19(16)2)18-15-9-5-7-13-6-3-4-8-14(13)15/h3-4,6,8,10-12,15,18H,5,7,9H2,1-2H3. The van der Waals surface area contributed by atoms with Gasteiger partial charge in [-0.25, -0.2) is 0 Å². The van der Waals surface area contributed by atoms with Gasteiger partial charge in [-0.1, -0.05) is 24.3 Å². The molecule has 1 aromatic heterocycles. The Morgan fingerprint density at radius 1 is 1.32 bits per heavy atom. The van der Waals surface area contributed by atoms with Crippen LogP contribution in [0.3, 0.4) is 0 Å². The van der Waals surface area contributed by atoms with Crippen LogP contribution in [0.1, 0.15) is 48.7 Å². The first kappa shape index (κ1) is 12.4. The van der Waals surface area contributed by atoms with Crippen LogP contribution in [-0.4, -0.2) is 9.78 Å². The van der Waals surface area contributed by atoms with E-state index in [1.807, 2.05) is 17.9 Å². The predicted octanol–water partition coefficient (Wildman–Crippen LogP) is 3.15. The number of benzene rings is 1. The lowest BCUT2D eigenvalue weighted by Gasteiger charge is -2.29. The molecule has 0 aliphatic heterocycles. The molecule has 19 heavy (non-hydrogen) atoms. The van der Waals surface area contributed by atoms with Gasteiger partial charge in [-0.3, -0.25) is 4.68 Å². The molecule has 1 aromatic carbocycles.